The van der Waals surface area contributed by atoms with E-state index in [2.05, 4.69) is 27.7 Å². The van der Waals surface area contributed by atoms with E-state index in [1.54, 1.807) is 11.3 Å². The molecule has 1 aromatic heterocycles. The lowest BCUT2D eigenvalue weighted by atomic mass is 10.1. The molecule has 2 aliphatic rings. The van der Waals surface area contributed by atoms with Crippen LogP contribution >= 0.6 is 11.3 Å². The Morgan fingerprint density at radius 2 is 2.24 bits per heavy atom. The molecule has 0 bridgehead atoms. The van der Waals surface area contributed by atoms with Gasteiger partial charge in [0.25, 0.3) is 0 Å². The molecule has 0 radical (unpaired) electrons. The Morgan fingerprint density at radius 3 is 2.86 bits per heavy atom. The summed E-state index contributed by atoms with van der Waals surface area (Å²) in [6, 6.07) is 4.84. The van der Waals surface area contributed by atoms with Crippen molar-refractivity contribution in [2.45, 2.75) is 44.2 Å². The molecule has 0 spiro atoms. The highest BCUT2D eigenvalue weighted by Gasteiger charge is 2.29. The minimum Gasteiger partial charge on any atom is -0.354 e. The zero-order valence-corrected chi connectivity index (χ0v) is 13.3. The average Bonchev–Trinajstić information content (AvgIpc) is 3.21. The molecule has 1 aliphatic heterocycles. The second kappa shape index (κ2) is 6.90. The van der Waals surface area contributed by atoms with Crippen LogP contribution in [-0.2, 0) is 4.79 Å². The van der Waals surface area contributed by atoms with Gasteiger partial charge in [0.15, 0.2) is 0 Å². The zero-order chi connectivity index (χ0) is 14.7. The van der Waals surface area contributed by atoms with Gasteiger partial charge >= 0.3 is 0 Å². The van der Waals surface area contributed by atoms with E-state index in [0.29, 0.717) is 6.04 Å². The van der Waals surface area contributed by atoms with Crippen LogP contribution in [0.3, 0.4) is 0 Å². The van der Waals surface area contributed by atoms with Gasteiger partial charge in [-0.15, -0.1) is 11.3 Å². The molecule has 1 saturated carbocycles. The van der Waals surface area contributed by atoms with E-state index in [1.807, 2.05) is 0 Å². The molecule has 1 aromatic rings. The molecule has 4 nitrogen and oxygen atoms in total. The lowest BCUT2D eigenvalue weighted by Crippen LogP contribution is -2.38. The zero-order valence-electron chi connectivity index (χ0n) is 12.5. The first-order valence-corrected chi connectivity index (χ1v) is 8.93. The predicted molar refractivity (Wildman–Crippen MR) is 86.2 cm³/mol. The molecule has 2 heterocycles. The van der Waals surface area contributed by atoms with Gasteiger partial charge in [-0.3, -0.25) is 9.69 Å². The quantitative estimate of drug-likeness (QED) is 0.876. The molecule has 5 heteroatoms. The van der Waals surface area contributed by atoms with Crippen LogP contribution in [0.15, 0.2) is 17.5 Å². The number of nitrogens with two attached hydrogens (primary N) is 1. The summed E-state index contributed by atoms with van der Waals surface area (Å²) in [5, 5.41) is 5.30. The number of hydrogen-bond donors (Lipinski definition) is 2. The second-order valence-electron chi connectivity index (χ2n) is 6.29. The van der Waals surface area contributed by atoms with E-state index in [1.165, 1.54) is 17.7 Å². The van der Waals surface area contributed by atoms with Gasteiger partial charge in [0.1, 0.15) is 0 Å². The molecule has 1 amide bonds. The van der Waals surface area contributed by atoms with Gasteiger partial charge in [-0.2, -0.15) is 0 Å². The molecule has 0 aromatic carbocycles. The number of thiophene rings is 1. The maximum Gasteiger partial charge on any atom is 0.223 e. The maximum atomic E-state index is 12.3. The fraction of sp³-hybridized carbons (Fsp3) is 0.688. The number of likely N-dealkylation sites (tertiary alicyclic amines) is 1. The first-order chi connectivity index (χ1) is 10.2. The van der Waals surface area contributed by atoms with Crippen molar-refractivity contribution >= 4 is 17.2 Å². The number of rotatable bonds is 5. The van der Waals surface area contributed by atoms with Crippen LogP contribution in [0.25, 0.3) is 0 Å². The Balaban J connectivity index is 1.58. The summed E-state index contributed by atoms with van der Waals surface area (Å²) in [7, 11) is 0. The van der Waals surface area contributed by atoms with Gasteiger partial charge in [-0.1, -0.05) is 6.07 Å². The molecular formula is C16H25N3OS. The van der Waals surface area contributed by atoms with E-state index in [9.17, 15) is 4.79 Å². The van der Waals surface area contributed by atoms with Crippen LogP contribution in [-0.4, -0.2) is 36.5 Å². The topological polar surface area (TPSA) is 58.4 Å². The van der Waals surface area contributed by atoms with Gasteiger partial charge in [-0.25, -0.2) is 0 Å². The Labute approximate surface area is 130 Å². The number of carbonyl (C=O) groups is 1. The summed E-state index contributed by atoms with van der Waals surface area (Å²) in [5.41, 5.74) is 5.91. The molecule has 3 atom stereocenters. The molecule has 3 N–H and O–H groups in total. The van der Waals surface area contributed by atoms with Crippen LogP contribution in [0.2, 0.25) is 0 Å². The van der Waals surface area contributed by atoms with Crippen LogP contribution in [0.4, 0.5) is 0 Å². The van der Waals surface area contributed by atoms with Crippen LogP contribution < -0.4 is 11.1 Å². The van der Waals surface area contributed by atoms with E-state index >= 15 is 0 Å². The van der Waals surface area contributed by atoms with Crippen molar-refractivity contribution in [1.82, 2.24) is 10.2 Å². The Hall–Kier alpha value is -0.910. The average molecular weight is 307 g/mol. The molecule has 116 valence electrons. The highest BCUT2D eigenvalue weighted by Crippen LogP contribution is 2.29. The monoisotopic (exact) mass is 307 g/mol. The Kier molecular flexibility index (Phi) is 4.93. The van der Waals surface area contributed by atoms with Gasteiger partial charge in [0.2, 0.25) is 5.91 Å². The van der Waals surface area contributed by atoms with E-state index in [4.69, 9.17) is 5.73 Å². The maximum absolute atomic E-state index is 12.3. The molecular weight excluding hydrogens is 282 g/mol. The van der Waals surface area contributed by atoms with E-state index in [-0.39, 0.29) is 17.9 Å². The second-order valence-corrected chi connectivity index (χ2v) is 7.27. The summed E-state index contributed by atoms with van der Waals surface area (Å²) < 4.78 is 0. The van der Waals surface area contributed by atoms with Gasteiger partial charge in [-0.05, 0) is 56.6 Å². The van der Waals surface area contributed by atoms with Crippen molar-refractivity contribution in [3.8, 4) is 0 Å². The summed E-state index contributed by atoms with van der Waals surface area (Å²) in [6.07, 6.45) is 5.32. The number of amides is 1. The lowest BCUT2D eigenvalue weighted by Gasteiger charge is -2.27. The number of hydrogen-bond acceptors (Lipinski definition) is 4. The third kappa shape index (κ3) is 3.65. The van der Waals surface area contributed by atoms with Crippen molar-refractivity contribution in [3.63, 3.8) is 0 Å². The van der Waals surface area contributed by atoms with Crippen molar-refractivity contribution in [3.05, 3.63) is 22.4 Å². The van der Waals surface area contributed by atoms with Crippen molar-refractivity contribution in [1.29, 1.82) is 0 Å². The van der Waals surface area contributed by atoms with Gasteiger partial charge in [0.05, 0.1) is 6.04 Å². The number of carbonyl (C=O) groups excluding carboxylic acids is 1. The molecule has 2 fully saturated rings. The van der Waals surface area contributed by atoms with Crippen LogP contribution in [0.1, 0.15) is 43.0 Å². The third-order valence-electron chi connectivity index (χ3n) is 4.77. The molecule has 3 unspecified atom stereocenters. The normalized spacial score (nSPS) is 27.9. The lowest BCUT2D eigenvalue weighted by molar-refractivity contribution is -0.125. The summed E-state index contributed by atoms with van der Waals surface area (Å²) in [6.45, 7) is 3.02. The fourth-order valence-corrected chi connectivity index (χ4v) is 4.40. The van der Waals surface area contributed by atoms with Crippen molar-refractivity contribution in [2.24, 2.45) is 11.7 Å². The first-order valence-electron chi connectivity index (χ1n) is 8.05. The van der Waals surface area contributed by atoms with Crippen LogP contribution in [0, 0.1) is 5.92 Å². The summed E-state index contributed by atoms with van der Waals surface area (Å²) in [5.74, 6) is 0.325. The predicted octanol–water partition coefficient (Wildman–Crippen LogP) is 2.13. The number of nitrogens with zero attached hydrogens (tertiary/aromatic N) is 1. The SMILES string of the molecule is NC1CCC(C(=O)NCC(c2cccs2)N2CCCC2)C1. The highest BCUT2D eigenvalue weighted by atomic mass is 32.1. The Bertz CT molecular complexity index is 456. The van der Waals surface area contributed by atoms with E-state index in [0.717, 1.165) is 38.9 Å². The van der Waals surface area contributed by atoms with Gasteiger partial charge < -0.3 is 11.1 Å². The smallest absolute Gasteiger partial charge is 0.223 e. The van der Waals surface area contributed by atoms with Crippen molar-refractivity contribution < 1.29 is 4.79 Å². The number of nitrogens with one attached hydrogen (secondary N) is 1. The minimum atomic E-state index is 0.127. The summed E-state index contributed by atoms with van der Waals surface area (Å²) >= 11 is 1.79. The largest absolute Gasteiger partial charge is 0.354 e. The molecule has 21 heavy (non-hydrogen) atoms. The van der Waals surface area contributed by atoms with Crippen LogP contribution in [0.5, 0.6) is 0 Å². The Morgan fingerprint density at radius 1 is 1.43 bits per heavy atom. The minimum absolute atomic E-state index is 0.127. The highest BCUT2D eigenvalue weighted by molar-refractivity contribution is 7.10. The molecule has 1 aliphatic carbocycles. The molecule has 1 saturated heterocycles. The van der Waals surface area contributed by atoms with Gasteiger partial charge in [0, 0.05) is 23.4 Å². The standard InChI is InChI=1S/C16H25N3OS/c17-13-6-5-12(10-13)16(20)18-11-14(15-4-3-9-21-15)19-7-1-2-8-19/h3-4,9,12-14H,1-2,5-8,10-11,17H2,(H,18,20). The first kappa shape index (κ1) is 15.0. The van der Waals surface area contributed by atoms with Crippen molar-refractivity contribution in [2.75, 3.05) is 19.6 Å². The summed E-state index contributed by atoms with van der Waals surface area (Å²) in [4.78, 5) is 16.2. The molecule has 3 rings (SSSR count). The fourth-order valence-electron chi connectivity index (χ4n) is 3.54. The van der Waals surface area contributed by atoms with E-state index < -0.39 is 0 Å². The third-order valence-corrected chi connectivity index (χ3v) is 5.74.